The molecule has 1 unspecified atom stereocenters. The van der Waals surface area contributed by atoms with Crippen LogP contribution in [0.4, 0.5) is 0 Å². The summed E-state index contributed by atoms with van der Waals surface area (Å²) in [5, 5.41) is 12.2. The van der Waals surface area contributed by atoms with Gasteiger partial charge in [-0.25, -0.2) is 0 Å². The smallest absolute Gasteiger partial charge is 0.414 e. The minimum Gasteiger partial charge on any atom is -0.464 e. The van der Waals surface area contributed by atoms with Crippen LogP contribution >= 0.6 is 0 Å². The molecule has 0 radical (unpaired) electrons. The van der Waals surface area contributed by atoms with Crippen molar-refractivity contribution in [1.82, 2.24) is 10.1 Å². The first-order chi connectivity index (χ1) is 4.74. The van der Waals surface area contributed by atoms with E-state index < -0.39 is 0 Å². The lowest BCUT2D eigenvalue weighted by atomic mass is 10.1. The van der Waals surface area contributed by atoms with E-state index >= 15 is 0 Å². The highest BCUT2D eigenvalue weighted by Crippen LogP contribution is 2.16. The number of rotatable bonds is 2. The first-order valence-electron chi connectivity index (χ1n) is 3.26. The van der Waals surface area contributed by atoms with Gasteiger partial charge in [-0.05, 0) is 6.42 Å². The third-order valence-corrected chi connectivity index (χ3v) is 1.48. The van der Waals surface area contributed by atoms with Crippen molar-refractivity contribution in [2.24, 2.45) is 0 Å². The van der Waals surface area contributed by atoms with Gasteiger partial charge in [0, 0.05) is 5.92 Å². The average molecular weight is 142 g/mol. The van der Waals surface area contributed by atoms with Crippen LogP contribution in [0.2, 0.25) is 0 Å². The summed E-state index contributed by atoms with van der Waals surface area (Å²) in [6, 6.07) is 0. The van der Waals surface area contributed by atoms with Gasteiger partial charge in [-0.3, -0.25) is 4.52 Å². The van der Waals surface area contributed by atoms with Crippen LogP contribution in [-0.4, -0.2) is 15.2 Å². The second-order valence-electron chi connectivity index (χ2n) is 2.24. The average Bonchev–Trinajstić information content (AvgIpc) is 2.34. The van der Waals surface area contributed by atoms with Gasteiger partial charge in [0.2, 0.25) is 0 Å². The molecule has 0 aliphatic heterocycles. The molecule has 1 N–H and O–H groups in total. The second kappa shape index (κ2) is 2.68. The van der Waals surface area contributed by atoms with Crippen molar-refractivity contribution in [2.75, 3.05) is 0 Å². The van der Waals surface area contributed by atoms with Crippen LogP contribution < -0.4 is 0 Å². The summed E-state index contributed by atoms with van der Waals surface area (Å²) < 4.78 is 4.38. The minimum absolute atomic E-state index is 0.254. The number of hydrogen-bond donors (Lipinski definition) is 1. The van der Waals surface area contributed by atoms with Crippen molar-refractivity contribution < 1.29 is 9.63 Å². The van der Waals surface area contributed by atoms with Gasteiger partial charge in [-0.15, -0.1) is 0 Å². The molecule has 1 rings (SSSR count). The Morgan fingerprint density at radius 2 is 2.40 bits per heavy atom. The SMILES string of the molecule is CCC(C)c1noc(O)n1. The quantitative estimate of drug-likeness (QED) is 0.675. The summed E-state index contributed by atoms with van der Waals surface area (Å²) in [6.45, 7) is 4.00. The number of hydrogen-bond acceptors (Lipinski definition) is 4. The maximum Gasteiger partial charge on any atom is 0.414 e. The van der Waals surface area contributed by atoms with Crippen molar-refractivity contribution in [3.8, 4) is 6.08 Å². The molecule has 56 valence electrons. The lowest BCUT2D eigenvalue weighted by molar-refractivity contribution is 0.266. The zero-order valence-electron chi connectivity index (χ0n) is 6.03. The van der Waals surface area contributed by atoms with E-state index in [1.807, 2.05) is 13.8 Å². The van der Waals surface area contributed by atoms with Gasteiger partial charge in [0.1, 0.15) is 0 Å². The van der Waals surface area contributed by atoms with Crippen LogP contribution in [0.15, 0.2) is 4.52 Å². The lowest BCUT2D eigenvalue weighted by Gasteiger charge is -1.97. The molecule has 0 aromatic carbocycles. The van der Waals surface area contributed by atoms with Crippen LogP contribution in [0.1, 0.15) is 32.0 Å². The largest absolute Gasteiger partial charge is 0.464 e. The molecule has 0 aliphatic carbocycles. The van der Waals surface area contributed by atoms with Crippen LogP contribution in [0.3, 0.4) is 0 Å². The normalized spacial score (nSPS) is 13.4. The summed E-state index contributed by atoms with van der Waals surface area (Å²) in [6.07, 6.45) is 0.592. The standard InChI is InChI=1S/C6H10N2O2/c1-3-4(2)5-7-6(9)10-8-5/h4H,3H2,1-2H3,(H,7,8,9). The highest BCUT2D eigenvalue weighted by atomic mass is 16.6. The topological polar surface area (TPSA) is 59.2 Å². The molecule has 0 saturated carbocycles. The van der Waals surface area contributed by atoms with Crippen LogP contribution in [-0.2, 0) is 0 Å². The number of aromatic nitrogens is 2. The number of aromatic hydroxyl groups is 1. The van der Waals surface area contributed by atoms with Gasteiger partial charge in [0.05, 0.1) is 0 Å². The predicted octanol–water partition coefficient (Wildman–Crippen LogP) is 1.29. The summed E-state index contributed by atoms with van der Waals surface area (Å²) in [7, 11) is 0. The van der Waals surface area contributed by atoms with Crippen molar-refractivity contribution in [2.45, 2.75) is 26.2 Å². The Hall–Kier alpha value is -1.06. The maximum absolute atomic E-state index is 8.66. The van der Waals surface area contributed by atoms with E-state index in [9.17, 15) is 0 Å². The molecule has 1 heterocycles. The monoisotopic (exact) mass is 142 g/mol. The van der Waals surface area contributed by atoms with E-state index in [0.717, 1.165) is 6.42 Å². The van der Waals surface area contributed by atoms with Crippen LogP contribution in [0.25, 0.3) is 0 Å². The van der Waals surface area contributed by atoms with Crippen molar-refractivity contribution in [1.29, 1.82) is 0 Å². The minimum atomic E-state index is -0.352. The van der Waals surface area contributed by atoms with Crippen LogP contribution in [0, 0.1) is 0 Å². The molecular formula is C6H10N2O2. The Bertz CT molecular complexity index is 209. The molecule has 4 nitrogen and oxygen atoms in total. The van der Waals surface area contributed by atoms with E-state index in [2.05, 4.69) is 14.7 Å². The van der Waals surface area contributed by atoms with Gasteiger partial charge in [0.25, 0.3) is 0 Å². The summed E-state index contributed by atoms with van der Waals surface area (Å²) >= 11 is 0. The first-order valence-corrected chi connectivity index (χ1v) is 3.26. The highest BCUT2D eigenvalue weighted by molar-refractivity contribution is 4.93. The Kier molecular flexibility index (Phi) is 1.89. The molecule has 0 aliphatic rings. The van der Waals surface area contributed by atoms with Gasteiger partial charge in [-0.1, -0.05) is 19.0 Å². The molecule has 1 aromatic heterocycles. The first kappa shape index (κ1) is 7.05. The van der Waals surface area contributed by atoms with Crippen molar-refractivity contribution in [3.63, 3.8) is 0 Å². The number of nitrogens with zero attached hydrogens (tertiary/aromatic N) is 2. The van der Waals surface area contributed by atoms with Crippen LogP contribution in [0.5, 0.6) is 6.08 Å². The third-order valence-electron chi connectivity index (χ3n) is 1.48. The molecule has 1 atom stereocenters. The van der Waals surface area contributed by atoms with E-state index in [1.165, 1.54) is 0 Å². The Labute approximate surface area is 58.9 Å². The van der Waals surface area contributed by atoms with E-state index in [1.54, 1.807) is 0 Å². The summed E-state index contributed by atoms with van der Waals surface area (Å²) in [5.41, 5.74) is 0. The summed E-state index contributed by atoms with van der Waals surface area (Å²) in [4.78, 5) is 3.66. The van der Waals surface area contributed by atoms with Gasteiger partial charge < -0.3 is 5.11 Å². The molecule has 0 bridgehead atoms. The van der Waals surface area contributed by atoms with E-state index in [-0.39, 0.29) is 12.0 Å². The molecule has 0 amide bonds. The van der Waals surface area contributed by atoms with Gasteiger partial charge in [0.15, 0.2) is 5.82 Å². The fraction of sp³-hybridized carbons (Fsp3) is 0.667. The Morgan fingerprint density at radius 3 is 2.80 bits per heavy atom. The Balaban J connectivity index is 2.74. The molecule has 0 saturated heterocycles. The Morgan fingerprint density at radius 1 is 1.70 bits per heavy atom. The zero-order valence-corrected chi connectivity index (χ0v) is 6.03. The molecule has 10 heavy (non-hydrogen) atoms. The molecular weight excluding hydrogens is 132 g/mol. The maximum atomic E-state index is 8.66. The second-order valence-corrected chi connectivity index (χ2v) is 2.24. The van der Waals surface area contributed by atoms with Crippen molar-refractivity contribution in [3.05, 3.63) is 5.82 Å². The fourth-order valence-corrected chi connectivity index (χ4v) is 0.609. The van der Waals surface area contributed by atoms with Gasteiger partial charge in [-0.2, -0.15) is 4.98 Å². The molecule has 1 aromatic rings. The molecule has 4 heteroatoms. The summed E-state index contributed by atoms with van der Waals surface area (Å²) in [5.74, 6) is 0.824. The van der Waals surface area contributed by atoms with E-state index in [4.69, 9.17) is 5.11 Å². The molecule has 0 fully saturated rings. The van der Waals surface area contributed by atoms with Gasteiger partial charge >= 0.3 is 6.08 Å². The zero-order chi connectivity index (χ0) is 7.56. The predicted molar refractivity (Wildman–Crippen MR) is 34.7 cm³/mol. The van der Waals surface area contributed by atoms with Crippen molar-refractivity contribution >= 4 is 0 Å². The lowest BCUT2D eigenvalue weighted by Crippen LogP contribution is -1.92. The molecule has 0 spiro atoms. The van der Waals surface area contributed by atoms with E-state index in [0.29, 0.717) is 5.82 Å². The third kappa shape index (κ3) is 1.26. The highest BCUT2D eigenvalue weighted by Gasteiger charge is 2.09. The fourth-order valence-electron chi connectivity index (χ4n) is 0.609.